The molecule has 0 saturated carbocycles. The van der Waals surface area contributed by atoms with Crippen LogP contribution in [0.3, 0.4) is 0 Å². The zero-order chi connectivity index (χ0) is 32.0. The van der Waals surface area contributed by atoms with Gasteiger partial charge in [-0.15, -0.1) is 0 Å². The molecule has 0 saturated heterocycles. The largest absolute Gasteiger partial charge is 0.455 e. The minimum atomic E-state index is -0.0735. The Bertz CT molecular complexity index is 2690. The topological polar surface area (TPSA) is 21.3 Å². The van der Waals surface area contributed by atoms with Crippen LogP contribution in [0, 0.1) is 0 Å². The third kappa shape index (κ3) is 3.76. The van der Waals surface area contributed by atoms with Gasteiger partial charge in [0, 0.05) is 44.3 Å². The lowest BCUT2D eigenvalue weighted by Gasteiger charge is -2.28. The molecule has 2 heterocycles. The van der Waals surface area contributed by atoms with Crippen molar-refractivity contribution < 1.29 is 4.42 Å². The van der Waals surface area contributed by atoms with Crippen LogP contribution in [0.15, 0.2) is 162 Å². The van der Waals surface area contributed by atoms with E-state index >= 15 is 0 Å². The molecule has 0 atom stereocenters. The van der Waals surface area contributed by atoms with Crippen LogP contribution in [-0.2, 0) is 5.41 Å². The SMILES string of the molecule is CC1(C)c2ccccc2-c2ccc(N(c3ccccc3)c3ccc(-n4c5ccccc5c5c6oc7ccccc7c6ccc54)cc3)cc21. The molecule has 2 aromatic heterocycles. The second-order valence-corrected chi connectivity index (χ2v) is 13.4. The number of fused-ring (bicyclic) bond motifs is 10. The molecular weight excluding hydrogens is 585 g/mol. The van der Waals surface area contributed by atoms with Gasteiger partial charge < -0.3 is 13.9 Å². The molecule has 0 fully saturated rings. The quantitative estimate of drug-likeness (QED) is 0.196. The van der Waals surface area contributed by atoms with Crippen molar-refractivity contribution in [3.8, 4) is 16.8 Å². The summed E-state index contributed by atoms with van der Waals surface area (Å²) in [5.41, 5.74) is 14.0. The molecule has 228 valence electrons. The normalized spacial score (nSPS) is 13.4. The maximum absolute atomic E-state index is 6.52. The molecule has 7 aromatic carbocycles. The Morgan fingerprint density at radius 1 is 0.500 bits per heavy atom. The summed E-state index contributed by atoms with van der Waals surface area (Å²) in [5.74, 6) is 0. The molecule has 0 bridgehead atoms. The third-order valence-electron chi connectivity index (χ3n) is 10.4. The van der Waals surface area contributed by atoms with E-state index in [1.54, 1.807) is 0 Å². The standard InChI is InChI=1S/C45H32N2O/c1-45(2)38-17-9-6-14-33(38)34-25-24-32(28-39(34)45)46(29-12-4-3-5-13-29)30-20-22-31(23-21-30)47-40-18-10-7-16-37(40)43-41(47)27-26-36-35-15-8-11-19-42(35)48-44(36)43/h3-28H,1-2H3. The number of aromatic nitrogens is 1. The summed E-state index contributed by atoms with van der Waals surface area (Å²) in [7, 11) is 0. The number of para-hydroxylation sites is 3. The van der Waals surface area contributed by atoms with Gasteiger partial charge in [0.1, 0.15) is 11.2 Å². The molecule has 1 aliphatic carbocycles. The zero-order valence-corrected chi connectivity index (χ0v) is 26.8. The van der Waals surface area contributed by atoms with E-state index in [1.165, 1.54) is 27.6 Å². The summed E-state index contributed by atoms with van der Waals surface area (Å²) >= 11 is 0. The van der Waals surface area contributed by atoms with Crippen LogP contribution in [0.5, 0.6) is 0 Å². The first-order valence-electron chi connectivity index (χ1n) is 16.6. The third-order valence-corrected chi connectivity index (χ3v) is 10.4. The predicted octanol–water partition coefficient (Wildman–Crippen LogP) is 12.5. The maximum atomic E-state index is 6.52. The Labute approximate surface area is 278 Å². The molecule has 0 amide bonds. The van der Waals surface area contributed by atoms with Crippen molar-refractivity contribution in [1.29, 1.82) is 0 Å². The fraction of sp³-hybridized carbons (Fsp3) is 0.0667. The number of anilines is 3. The molecule has 1 aliphatic rings. The van der Waals surface area contributed by atoms with Gasteiger partial charge in [0.25, 0.3) is 0 Å². The minimum Gasteiger partial charge on any atom is -0.455 e. The van der Waals surface area contributed by atoms with Gasteiger partial charge in [-0.2, -0.15) is 0 Å². The monoisotopic (exact) mass is 616 g/mol. The number of hydrogen-bond acceptors (Lipinski definition) is 2. The van der Waals surface area contributed by atoms with Crippen molar-refractivity contribution in [2.75, 3.05) is 4.90 Å². The average Bonchev–Trinajstić information content (AvgIpc) is 3.75. The first-order valence-corrected chi connectivity index (χ1v) is 16.6. The van der Waals surface area contributed by atoms with E-state index in [0.29, 0.717) is 0 Å². The molecule has 0 radical (unpaired) electrons. The van der Waals surface area contributed by atoms with E-state index in [2.05, 4.69) is 175 Å². The van der Waals surface area contributed by atoms with E-state index in [1.807, 2.05) is 6.07 Å². The fourth-order valence-electron chi connectivity index (χ4n) is 8.12. The molecular formula is C45H32N2O. The highest BCUT2D eigenvalue weighted by molar-refractivity contribution is 6.23. The molecule has 0 spiro atoms. The van der Waals surface area contributed by atoms with E-state index in [9.17, 15) is 0 Å². The number of hydrogen-bond donors (Lipinski definition) is 0. The van der Waals surface area contributed by atoms with E-state index < -0.39 is 0 Å². The highest BCUT2D eigenvalue weighted by Gasteiger charge is 2.35. The summed E-state index contributed by atoms with van der Waals surface area (Å²) in [4.78, 5) is 2.37. The Balaban J connectivity index is 1.13. The minimum absolute atomic E-state index is 0.0735. The van der Waals surface area contributed by atoms with Crippen LogP contribution in [0.4, 0.5) is 17.1 Å². The van der Waals surface area contributed by atoms with Crippen LogP contribution in [0.25, 0.3) is 60.6 Å². The molecule has 48 heavy (non-hydrogen) atoms. The van der Waals surface area contributed by atoms with E-state index in [-0.39, 0.29) is 5.41 Å². The number of nitrogens with zero attached hydrogens (tertiary/aromatic N) is 2. The van der Waals surface area contributed by atoms with Crippen LogP contribution >= 0.6 is 0 Å². The van der Waals surface area contributed by atoms with Gasteiger partial charge in [0.05, 0.1) is 16.4 Å². The second kappa shape index (κ2) is 9.97. The Hall–Kier alpha value is -6.06. The van der Waals surface area contributed by atoms with Crippen molar-refractivity contribution in [2.24, 2.45) is 0 Å². The molecule has 0 N–H and O–H groups in total. The lowest BCUT2D eigenvalue weighted by atomic mass is 9.82. The molecule has 0 aliphatic heterocycles. The summed E-state index contributed by atoms with van der Waals surface area (Å²) in [5, 5.41) is 4.64. The summed E-state index contributed by atoms with van der Waals surface area (Å²) < 4.78 is 8.88. The first-order chi connectivity index (χ1) is 23.6. The van der Waals surface area contributed by atoms with Crippen molar-refractivity contribution >= 4 is 60.8 Å². The van der Waals surface area contributed by atoms with Crippen molar-refractivity contribution in [2.45, 2.75) is 19.3 Å². The van der Waals surface area contributed by atoms with E-state index in [4.69, 9.17) is 4.42 Å². The second-order valence-electron chi connectivity index (χ2n) is 13.4. The average molecular weight is 617 g/mol. The highest BCUT2D eigenvalue weighted by Crippen LogP contribution is 2.50. The van der Waals surface area contributed by atoms with Gasteiger partial charge in [-0.05, 0) is 95.1 Å². The fourth-order valence-corrected chi connectivity index (χ4v) is 8.12. The smallest absolute Gasteiger partial charge is 0.145 e. The lowest BCUT2D eigenvalue weighted by molar-refractivity contribution is 0.660. The predicted molar refractivity (Wildman–Crippen MR) is 200 cm³/mol. The van der Waals surface area contributed by atoms with Gasteiger partial charge in [-0.1, -0.05) is 98.8 Å². The van der Waals surface area contributed by atoms with Crippen molar-refractivity contribution in [3.05, 3.63) is 169 Å². The van der Waals surface area contributed by atoms with Gasteiger partial charge >= 0.3 is 0 Å². The van der Waals surface area contributed by atoms with Gasteiger partial charge in [0.15, 0.2) is 0 Å². The number of rotatable bonds is 4. The summed E-state index contributed by atoms with van der Waals surface area (Å²) in [6.07, 6.45) is 0. The maximum Gasteiger partial charge on any atom is 0.145 e. The van der Waals surface area contributed by atoms with Gasteiger partial charge in [-0.25, -0.2) is 0 Å². The Kier molecular flexibility index (Phi) is 5.63. The summed E-state index contributed by atoms with van der Waals surface area (Å²) in [6, 6.07) is 56.9. The van der Waals surface area contributed by atoms with Gasteiger partial charge in [-0.3, -0.25) is 0 Å². The number of benzene rings is 7. The van der Waals surface area contributed by atoms with Crippen LogP contribution < -0.4 is 4.90 Å². The van der Waals surface area contributed by atoms with E-state index in [0.717, 1.165) is 61.1 Å². The lowest BCUT2D eigenvalue weighted by Crippen LogP contribution is -2.16. The first kappa shape index (κ1) is 27.1. The van der Waals surface area contributed by atoms with Crippen molar-refractivity contribution in [3.63, 3.8) is 0 Å². The van der Waals surface area contributed by atoms with Crippen LogP contribution in [0.2, 0.25) is 0 Å². The molecule has 3 nitrogen and oxygen atoms in total. The summed E-state index contributed by atoms with van der Waals surface area (Å²) in [6.45, 7) is 4.68. The van der Waals surface area contributed by atoms with Crippen LogP contribution in [0.1, 0.15) is 25.0 Å². The van der Waals surface area contributed by atoms with Crippen LogP contribution in [-0.4, -0.2) is 4.57 Å². The molecule has 3 heteroatoms. The number of furan rings is 1. The van der Waals surface area contributed by atoms with Crippen molar-refractivity contribution in [1.82, 2.24) is 4.57 Å². The molecule has 9 aromatic rings. The Morgan fingerprint density at radius 3 is 2.02 bits per heavy atom. The highest BCUT2D eigenvalue weighted by atomic mass is 16.3. The Morgan fingerprint density at radius 2 is 1.17 bits per heavy atom. The zero-order valence-electron chi connectivity index (χ0n) is 26.8. The molecule has 10 rings (SSSR count). The van der Waals surface area contributed by atoms with Gasteiger partial charge in [0.2, 0.25) is 0 Å². The molecule has 0 unspecified atom stereocenters.